The molecule has 0 aliphatic carbocycles. The average molecular weight is 270 g/mol. The number of carbonyl (C=O) groups is 1. The summed E-state index contributed by atoms with van der Waals surface area (Å²) in [6.45, 7) is 1.77. The Balaban J connectivity index is 1.93. The molecule has 2 aromatic carbocycles. The molecule has 0 spiro atoms. The number of furan rings is 1. The number of fused-ring (bicyclic) bond motifs is 3. The summed E-state index contributed by atoms with van der Waals surface area (Å²) in [6.07, 6.45) is 0. The van der Waals surface area contributed by atoms with E-state index in [2.05, 4.69) is 0 Å². The molecule has 0 aliphatic rings. The number of carboxylic acid groups (broad SMARTS) is 1. The lowest BCUT2D eigenvalue weighted by Crippen LogP contribution is -2.17. The molecule has 1 N–H and O–H groups in total. The molecular formula is C16H14O4. The van der Waals surface area contributed by atoms with Crippen LogP contribution in [0.4, 0.5) is 0 Å². The van der Waals surface area contributed by atoms with Crippen molar-refractivity contribution in [2.75, 3.05) is 6.61 Å². The molecule has 0 bridgehead atoms. The van der Waals surface area contributed by atoms with E-state index in [1.165, 1.54) is 0 Å². The molecule has 1 atom stereocenters. The van der Waals surface area contributed by atoms with Gasteiger partial charge in [-0.15, -0.1) is 0 Å². The minimum Gasteiger partial charge on any atom is -0.493 e. The highest BCUT2D eigenvalue weighted by molar-refractivity contribution is 6.05. The van der Waals surface area contributed by atoms with Gasteiger partial charge < -0.3 is 14.3 Å². The summed E-state index contributed by atoms with van der Waals surface area (Å²) in [4.78, 5) is 10.8. The predicted octanol–water partition coefficient (Wildman–Crippen LogP) is 3.69. The Bertz CT molecular complexity index is 772. The molecule has 1 heterocycles. The van der Waals surface area contributed by atoms with Crippen LogP contribution in [0.3, 0.4) is 0 Å². The Morgan fingerprint density at radius 1 is 1.20 bits per heavy atom. The normalized spacial score (nSPS) is 12.7. The summed E-state index contributed by atoms with van der Waals surface area (Å²) in [7, 11) is 0. The number of hydrogen-bond donors (Lipinski definition) is 1. The number of para-hydroxylation sites is 1. The highest BCUT2D eigenvalue weighted by Gasteiger charge is 2.12. The number of carboxylic acids is 1. The van der Waals surface area contributed by atoms with Gasteiger partial charge in [0.05, 0.1) is 5.92 Å². The second-order valence-electron chi connectivity index (χ2n) is 4.81. The van der Waals surface area contributed by atoms with Gasteiger partial charge >= 0.3 is 5.97 Å². The largest absolute Gasteiger partial charge is 0.493 e. The fraction of sp³-hybridized carbons (Fsp3) is 0.188. The first-order valence-electron chi connectivity index (χ1n) is 6.42. The lowest BCUT2D eigenvalue weighted by atomic mass is 10.1. The van der Waals surface area contributed by atoms with E-state index in [1.807, 2.05) is 36.4 Å². The van der Waals surface area contributed by atoms with E-state index in [4.69, 9.17) is 14.3 Å². The summed E-state index contributed by atoms with van der Waals surface area (Å²) in [5.41, 5.74) is 1.63. The lowest BCUT2D eigenvalue weighted by Gasteiger charge is -2.09. The summed E-state index contributed by atoms with van der Waals surface area (Å²) in [5, 5.41) is 10.8. The molecule has 0 aliphatic heterocycles. The second kappa shape index (κ2) is 4.89. The molecule has 0 amide bonds. The van der Waals surface area contributed by atoms with E-state index in [0.717, 1.165) is 21.9 Å². The molecule has 1 unspecified atom stereocenters. The zero-order valence-corrected chi connectivity index (χ0v) is 11.0. The molecule has 0 radical (unpaired) electrons. The first kappa shape index (κ1) is 12.5. The van der Waals surface area contributed by atoms with Crippen LogP contribution in [0, 0.1) is 5.92 Å². The third-order valence-electron chi connectivity index (χ3n) is 3.27. The van der Waals surface area contributed by atoms with Crippen LogP contribution in [0.5, 0.6) is 5.75 Å². The number of aliphatic carboxylic acids is 1. The molecular weight excluding hydrogens is 256 g/mol. The van der Waals surface area contributed by atoms with Crippen LogP contribution in [0.15, 0.2) is 46.9 Å². The van der Waals surface area contributed by atoms with Crippen LogP contribution < -0.4 is 4.74 Å². The summed E-state index contributed by atoms with van der Waals surface area (Å²) in [6, 6.07) is 13.3. The predicted molar refractivity (Wildman–Crippen MR) is 76.0 cm³/mol. The highest BCUT2D eigenvalue weighted by Crippen LogP contribution is 2.31. The van der Waals surface area contributed by atoms with Crippen molar-refractivity contribution in [3.05, 3.63) is 42.5 Å². The number of benzene rings is 2. The third-order valence-corrected chi connectivity index (χ3v) is 3.27. The van der Waals surface area contributed by atoms with Gasteiger partial charge in [0, 0.05) is 10.8 Å². The molecule has 1 aromatic heterocycles. The third kappa shape index (κ3) is 2.20. The first-order chi connectivity index (χ1) is 9.65. The van der Waals surface area contributed by atoms with E-state index in [-0.39, 0.29) is 6.61 Å². The number of rotatable bonds is 4. The second-order valence-corrected chi connectivity index (χ2v) is 4.81. The van der Waals surface area contributed by atoms with Crippen molar-refractivity contribution in [2.45, 2.75) is 6.92 Å². The first-order valence-corrected chi connectivity index (χ1v) is 6.42. The van der Waals surface area contributed by atoms with Crippen molar-refractivity contribution in [1.82, 2.24) is 0 Å². The maximum Gasteiger partial charge on any atom is 0.309 e. The lowest BCUT2D eigenvalue weighted by molar-refractivity contribution is -0.142. The van der Waals surface area contributed by atoms with Gasteiger partial charge in [-0.1, -0.05) is 18.2 Å². The van der Waals surface area contributed by atoms with Crippen molar-refractivity contribution >= 4 is 27.9 Å². The smallest absolute Gasteiger partial charge is 0.309 e. The zero-order valence-electron chi connectivity index (χ0n) is 11.0. The minimum absolute atomic E-state index is 0.149. The van der Waals surface area contributed by atoms with Gasteiger partial charge in [0.2, 0.25) is 0 Å². The number of ether oxygens (including phenoxy) is 1. The van der Waals surface area contributed by atoms with E-state index in [1.54, 1.807) is 13.0 Å². The van der Waals surface area contributed by atoms with Crippen molar-refractivity contribution in [2.24, 2.45) is 5.92 Å². The molecule has 3 aromatic rings. The Morgan fingerprint density at radius 2 is 1.95 bits per heavy atom. The quantitative estimate of drug-likeness (QED) is 0.785. The molecule has 0 saturated carbocycles. The van der Waals surface area contributed by atoms with Gasteiger partial charge in [-0.05, 0) is 31.2 Å². The van der Waals surface area contributed by atoms with Crippen molar-refractivity contribution in [1.29, 1.82) is 0 Å². The highest BCUT2D eigenvalue weighted by atomic mass is 16.5. The van der Waals surface area contributed by atoms with Crippen molar-refractivity contribution < 1.29 is 19.1 Å². The van der Waals surface area contributed by atoms with Gasteiger partial charge in [-0.3, -0.25) is 4.79 Å². The summed E-state index contributed by atoms with van der Waals surface area (Å²) in [5.74, 6) is -0.746. The monoisotopic (exact) mass is 270 g/mol. The van der Waals surface area contributed by atoms with E-state index in [9.17, 15) is 4.79 Å². The molecule has 4 heteroatoms. The van der Waals surface area contributed by atoms with Gasteiger partial charge in [0.25, 0.3) is 0 Å². The van der Waals surface area contributed by atoms with E-state index >= 15 is 0 Å². The number of hydrogen-bond acceptors (Lipinski definition) is 3. The van der Waals surface area contributed by atoms with Gasteiger partial charge in [-0.2, -0.15) is 0 Å². The van der Waals surface area contributed by atoms with Gasteiger partial charge in [0.1, 0.15) is 23.5 Å². The van der Waals surface area contributed by atoms with Crippen LogP contribution in [-0.2, 0) is 4.79 Å². The molecule has 0 fully saturated rings. The van der Waals surface area contributed by atoms with Gasteiger partial charge in [0.15, 0.2) is 0 Å². The zero-order chi connectivity index (χ0) is 14.1. The molecule has 3 rings (SSSR count). The standard InChI is InChI=1S/C16H14O4/c1-10(16(17)18)9-19-11-6-7-15-13(8-11)12-4-2-3-5-14(12)20-15/h2-8,10H,9H2,1H3,(H,17,18). The van der Waals surface area contributed by atoms with Crippen LogP contribution in [0.2, 0.25) is 0 Å². The van der Waals surface area contributed by atoms with Gasteiger partial charge in [-0.25, -0.2) is 0 Å². The molecule has 4 nitrogen and oxygen atoms in total. The Hall–Kier alpha value is -2.49. The van der Waals surface area contributed by atoms with Crippen LogP contribution in [0.25, 0.3) is 21.9 Å². The Labute approximate surface area is 115 Å². The summed E-state index contributed by atoms with van der Waals surface area (Å²) >= 11 is 0. The minimum atomic E-state index is -0.861. The summed E-state index contributed by atoms with van der Waals surface area (Å²) < 4.78 is 11.3. The maximum atomic E-state index is 10.8. The molecule has 20 heavy (non-hydrogen) atoms. The molecule has 102 valence electrons. The average Bonchev–Trinajstić information content (AvgIpc) is 2.82. The SMILES string of the molecule is CC(COc1ccc2oc3ccccc3c2c1)C(=O)O. The van der Waals surface area contributed by atoms with Crippen LogP contribution in [0.1, 0.15) is 6.92 Å². The van der Waals surface area contributed by atoms with E-state index in [0.29, 0.717) is 5.75 Å². The Kier molecular flexibility index (Phi) is 3.06. The maximum absolute atomic E-state index is 10.8. The fourth-order valence-corrected chi connectivity index (χ4v) is 2.09. The van der Waals surface area contributed by atoms with Crippen LogP contribution in [-0.4, -0.2) is 17.7 Å². The fourth-order valence-electron chi connectivity index (χ4n) is 2.09. The van der Waals surface area contributed by atoms with Crippen molar-refractivity contribution in [3.63, 3.8) is 0 Å². The van der Waals surface area contributed by atoms with E-state index < -0.39 is 11.9 Å². The topological polar surface area (TPSA) is 59.7 Å². The van der Waals surface area contributed by atoms with Crippen LogP contribution >= 0.6 is 0 Å². The van der Waals surface area contributed by atoms with Crippen molar-refractivity contribution in [3.8, 4) is 5.75 Å². The molecule has 0 saturated heterocycles. The Morgan fingerprint density at radius 3 is 2.75 bits per heavy atom.